The van der Waals surface area contributed by atoms with E-state index in [4.69, 9.17) is 0 Å². The third kappa shape index (κ3) is 13.9. The minimum atomic E-state index is -0.0625. The van der Waals surface area contributed by atoms with E-state index in [1.165, 1.54) is 110 Å². The van der Waals surface area contributed by atoms with E-state index in [2.05, 4.69) is 23.4 Å². The van der Waals surface area contributed by atoms with Crippen LogP contribution in [0.15, 0.2) is 0 Å². The molecule has 0 spiro atoms. The molecule has 0 aromatic heterocycles. The molecule has 0 aromatic rings. The Balaban J connectivity index is 1.66. The Labute approximate surface area is 167 Å². The van der Waals surface area contributed by atoms with E-state index < -0.39 is 0 Å². The lowest BCUT2D eigenvalue weighted by molar-refractivity contribution is -0.140. The summed E-state index contributed by atoms with van der Waals surface area (Å²) in [6, 6.07) is 0. The minimum absolute atomic E-state index is 0.0625. The van der Waals surface area contributed by atoms with Gasteiger partial charge in [-0.15, -0.1) is 0 Å². The molecular weight excluding hydrogens is 340 g/mol. The zero-order valence-electron chi connectivity index (χ0n) is 17.6. The van der Waals surface area contributed by atoms with E-state index in [0.29, 0.717) is 6.42 Å². The van der Waals surface area contributed by atoms with E-state index >= 15 is 0 Å². The molecule has 26 heavy (non-hydrogen) atoms. The Kier molecular flexibility index (Phi) is 15.6. The second kappa shape index (κ2) is 17.0. The van der Waals surface area contributed by atoms with Crippen molar-refractivity contribution < 1.29 is 9.53 Å². The molecule has 1 fully saturated rings. The van der Waals surface area contributed by atoms with Crippen LogP contribution in [0, 0.1) is 0 Å². The lowest BCUT2D eigenvalue weighted by atomic mass is 10.0. The fourth-order valence-electron chi connectivity index (χ4n) is 3.81. The van der Waals surface area contributed by atoms with Gasteiger partial charge in [0.15, 0.2) is 0 Å². The molecular formula is C23H44O2S. The predicted molar refractivity (Wildman–Crippen MR) is 116 cm³/mol. The molecule has 0 aromatic carbocycles. The number of hydrogen-bond acceptors (Lipinski definition) is 3. The summed E-state index contributed by atoms with van der Waals surface area (Å²) in [5.74, 6) is -0.0625. The van der Waals surface area contributed by atoms with E-state index in [1.807, 2.05) is 0 Å². The van der Waals surface area contributed by atoms with Gasteiger partial charge in [-0.3, -0.25) is 4.79 Å². The van der Waals surface area contributed by atoms with Gasteiger partial charge in [-0.1, -0.05) is 96.8 Å². The summed E-state index contributed by atoms with van der Waals surface area (Å²) >= 11 is 2.23. The number of ether oxygens (including phenoxy) is 1. The van der Waals surface area contributed by atoms with E-state index in [9.17, 15) is 4.79 Å². The number of carbonyl (C=O) groups excluding carboxylic acids is 1. The van der Waals surface area contributed by atoms with Gasteiger partial charge >= 0.3 is 5.97 Å². The number of esters is 1. The van der Waals surface area contributed by atoms with Crippen LogP contribution in [0.2, 0.25) is 0 Å². The highest BCUT2D eigenvalue weighted by Gasteiger charge is 2.35. The number of hydrogen-bond donors (Lipinski definition) is 0. The second-order valence-corrected chi connectivity index (χ2v) is 9.55. The van der Waals surface area contributed by atoms with E-state index in [0.717, 1.165) is 16.9 Å². The lowest BCUT2D eigenvalue weighted by Crippen LogP contribution is -1.99. The first-order valence-corrected chi connectivity index (χ1v) is 12.4. The third-order valence-corrected chi connectivity index (χ3v) is 7.12. The average molecular weight is 385 g/mol. The fourth-order valence-corrected chi connectivity index (χ4v) is 5.11. The van der Waals surface area contributed by atoms with Crippen LogP contribution in [-0.2, 0) is 9.53 Å². The van der Waals surface area contributed by atoms with Crippen LogP contribution in [0.5, 0.6) is 0 Å². The molecule has 1 rings (SSSR count). The molecule has 2 unspecified atom stereocenters. The number of thioether (sulfide) groups is 1. The van der Waals surface area contributed by atoms with Gasteiger partial charge in [0.1, 0.15) is 0 Å². The third-order valence-electron chi connectivity index (χ3n) is 5.61. The summed E-state index contributed by atoms with van der Waals surface area (Å²) in [4.78, 5) is 11.0. The first kappa shape index (κ1) is 23.9. The zero-order valence-corrected chi connectivity index (χ0v) is 18.4. The average Bonchev–Trinajstić information content (AvgIpc) is 3.39. The molecule has 0 saturated carbocycles. The molecule has 0 N–H and O–H groups in total. The highest BCUT2D eigenvalue weighted by molar-refractivity contribution is 8.07. The van der Waals surface area contributed by atoms with Gasteiger partial charge < -0.3 is 4.74 Å². The maximum atomic E-state index is 11.0. The number of rotatable bonds is 19. The van der Waals surface area contributed by atoms with Gasteiger partial charge in [-0.05, 0) is 19.3 Å². The quantitative estimate of drug-likeness (QED) is 0.130. The number of methoxy groups -OCH3 is 1. The predicted octanol–water partition coefficient (Wildman–Crippen LogP) is 7.69. The molecule has 3 heteroatoms. The standard InChI is InChI=1S/C23H44O2S/c1-3-18-21-22(26-21)19-16-14-12-10-8-6-4-5-7-9-11-13-15-17-20-23(24)25-2/h21-22H,3-20H2,1-2H3. The van der Waals surface area contributed by atoms with Crippen molar-refractivity contribution in [2.45, 2.75) is 133 Å². The molecule has 2 atom stereocenters. The van der Waals surface area contributed by atoms with Crippen LogP contribution in [0.25, 0.3) is 0 Å². The first-order chi connectivity index (χ1) is 12.8. The molecule has 1 heterocycles. The van der Waals surface area contributed by atoms with Gasteiger partial charge in [0.05, 0.1) is 7.11 Å². The second-order valence-electron chi connectivity index (χ2n) is 8.07. The Bertz CT molecular complexity index is 332. The monoisotopic (exact) mass is 384 g/mol. The van der Waals surface area contributed by atoms with Gasteiger partial charge in [-0.25, -0.2) is 0 Å². The number of carbonyl (C=O) groups is 1. The minimum Gasteiger partial charge on any atom is -0.469 e. The van der Waals surface area contributed by atoms with Crippen LogP contribution < -0.4 is 0 Å². The molecule has 1 aliphatic heterocycles. The summed E-state index contributed by atoms with van der Waals surface area (Å²) in [5.41, 5.74) is 0. The summed E-state index contributed by atoms with van der Waals surface area (Å²) in [5, 5.41) is 2.06. The molecule has 0 radical (unpaired) electrons. The maximum absolute atomic E-state index is 11.0. The van der Waals surface area contributed by atoms with Crippen molar-refractivity contribution in [2.24, 2.45) is 0 Å². The summed E-state index contributed by atoms with van der Waals surface area (Å²) in [6.45, 7) is 2.31. The van der Waals surface area contributed by atoms with Crippen molar-refractivity contribution in [3.8, 4) is 0 Å². The maximum Gasteiger partial charge on any atom is 0.305 e. The van der Waals surface area contributed by atoms with E-state index in [-0.39, 0.29) is 5.97 Å². The topological polar surface area (TPSA) is 26.3 Å². The smallest absolute Gasteiger partial charge is 0.305 e. The zero-order chi connectivity index (χ0) is 18.9. The normalized spacial score (nSPS) is 18.8. The van der Waals surface area contributed by atoms with Crippen molar-refractivity contribution in [1.29, 1.82) is 0 Å². The Morgan fingerprint density at radius 2 is 1.12 bits per heavy atom. The van der Waals surface area contributed by atoms with E-state index in [1.54, 1.807) is 0 Å². The van der Waals surface area contributed by atoms with Crippen LogP contribution in [0.3, 0.4) is 0 Å². The van der Waals surface area contributed by atoms with Gasteiger partial charge in [0.2, 0.25) is 0 Å². The van der Waals surface area contributed by atoms with Crippen LogP contribution in [0.1, 0.15) is 122 Å². The molecule has 0 amide bonds. The van der Waals surface area contributed by atoms with Gasteiger partial charge in [-0.2, -0.15) is 11.8 Å². The molecule has 0 aliphatic carbocycles. The molecule has 1 aliphatic rings. The Hall–Kier alpha value is -0.180. The summed E-state index contributed by atoms with van der Waals surface area (Å²) < 4.78 is 4.65. The van der Waals surface area contributed by atoms with Gasteiger partial charge in [0.25, 0.3) is 0 Å². The summed E-state index contributed by atoms with van der Waals surface area (Å²) in [6.07, 6.45) is 24.0. The van der Waals surface area contributed by atoms with Crippen molar-refractivity contribution in [1.82, 2.24) is 0 Å². The van der Waals surface area contributed by atoms with Crippen LogP contribution >= 0.6 is 11.8 Å². The van der Waals surface area contributed by atoms with Gasteiger partial charge in [0, 0.05) is 16.9 Å². The number of unbranched alkanes of at least 4 members (excludes halogenated alkanes) is 13. The van der Waals surface area contributed by atoms with Crippen molar-refractivity contribution in [3.63, 3.8) is 0 Å². The molecule has 2 nitrogen and oxygen atoms in total. The summed E-state index contributed by atoms with van der Waals surface area (Å²) in [7, 11) is 1.47. The lowest BCUT2D eigenvalue weighted by Gasteiger charge is -2.03. The van der Waals surface area contributed by atoms with Crippen LogP contribution in [-0.4, -0.2) is 23.6 Å². The largest absolute Gasteiger partial charge is 0.469 e. The van der Waals surface area contributed by atoms with Crippen molar-refractivity contribution in [3.05, 3.63) is 0 Å². The Morgan fingerprint density at radius 3 is 1.58 bits per heavy atom. The first-order valence-electron chi connectivity index (χ1n) is 11.5. The Morgan fingerprint density at radius 1 is 0.692 bits per heavy atom. The molecule has 0 bridgehead atoms. The fraction of sp³-hybridized carbons (Fsp3) is 0.957. The molecule has 154 valence electrons. The highest BCUT2D eigenvalue weighted by Crippen LogP contribution is 2.47. The van der Waals surface area contributed by atoms with Crippen molar-refractivity contribution >= 4 is 17.7 Å². The SMILES string of the molecule is CCCC1SC1CCCCCCCCCCCCCCCCC(=O)OC. The van der Waals surface area contributed by atoms with Crippen LogP contribution in [0.4, 0.5) is 0 Å². The molecule has 1 saturated heterocycles. The highest BCUT2D eigenvalue weighted by atomic mass is 32.2. The van der Waals surface area contributed by atoms with Crippen molar-refractivity contribution in [2.75, 3.05) is 7.11 Å².